The molecule has 3 saturated carbocycles. The number of benzene rings is 8. The van der Waals surface area contributed by atoms with Crippen LogP contribution in [0.15, 0.2) is 83.3 Å². The molecule has 0 spiro atoms. The minimum atomic E-state index is -1.28. The summed E-state index contributed by atoms with van der Waals surface area (Å²) in [5.74, 6) is -4.82. The fourth-order valence-electron chi connectivity index (χ4n) is 13.3. The van der Waals surface area contributed by atoms with Gasteiger partial charge in [0.2, 0.25) is 39.8 Å². The molecule has 0 radical (unpaired) electrons. The molecule has 123 heavy (non-hydrogen) atoms. The second-order valence-corrected chi connectivity index (χ2v) is 30.1. The highest BCUT2D eigenvalue weighted by Gasteiger charge is 2.29. The molecule has 3 aliphatic carbocycles. The Morgan fingerprint density at radius 1 is 0.350 bits per heavy atom. The Morgan fingerprint density at radius 2 is 0.699 bits per heavy atom. The highest BCUT2D eigenvalue weighted by Crippen LogP contribution is 2.47. The monoisotopic (exact) mass is 1820 g/mol. The number of nitriles is 8. The first kappa shape index (κ1) is 102. The summed E-state index contributed by atoms with van der Waals surface area (Å²) in [6, 6.07) is 32.4. The standard InChI is InChI=1S/C18H21FN2.C17H19FN2.C16H17FN2.C8H2BrFN2.C8Cl3FN2.C8H2ClFN2O2.C8H2ClFN2.C8H3FN2/c1-3-4-5-13-6-8-14(9-7-13)15-10-16(12-20)18(19)17(11-15)21-2;1-3-4-12-5-7-13(8-6-12)14-9-15(11-19)17(18)16(10-14)20-2;1-3-11-4-6-12(7-5-11)13-8-14(10-18)16(17)15(9-13)19-2;1-12-7-3-6(9)2-5(4-11)8(7)10;1-14-8-6(11)5(10)4(9)3(2-13)7(8)12;1-12-6-5(10)3(2-11)7(13)4(9)8(6)14;1-12-7-3-6(9)2-5(4-11)8(7)10;1-11-7-4-2-3-6(5-10)8(7)9/h10-11,13-14H,3-9H2,1H3;9-10,12-13H,3-8H2,1H3;8-9,11-12H,3-7H2,1H3;2-3H;;13-14H;2-3H;2-4H. The molecule has 18 nitrogen and oxygen atoms in total. The van der Waals surface area contributed by atoms with E-state index in [0.29, 0.717) is 22.2 Å². The predicted molar refractivity (Wildman–Crippen MR) is 454 cm³/mol. The van der Waals surface area contributed by atoms with Crippen molar-refractivity contribution in [2.75, 3.05) is 0 Å². The van der Waals surface area contributed by atoms with Gasteiger partial charge >= 0.3 is 0 Å². The number of hydrogen-bond acceptors (Lipinski definition) is 10. The number of aromatic hydroxyl groups is 2. The van der Waals surface area contributed by atoms with E-state index in [4.69, 9.17) is 163 Å². The van der Waals surface area contributed by atoms with E-state index in [1.165, 1.54) is 132 Å². The van der Waals surface area contributed by atoms with E-state index in [2.05, 4.69) is 75.5 Å². The van der Waals surface area contributed by atoms with Crippen LogP contribution >= 0.6 is 73.9 Å². The van der Waals surface area contributed by atoms with Crippen molar-refractivity contribution in [2.45, 2.75) is 154 Å². The lowest BCUT2D eigenvalue weighted by Gasteiger charge is -2.29. The van der Waals surface area contributed by atoms with Gasteiger partial charge in [-0.25, -0.2) is 73.9 Å². The molecule has 0 aromatic heterocycles. The molecular formula is C91H66BrCl5F8N16O2. The fraction of sp³-hybridized carbons (Fsp3) is 0.297. The summed E-state index contributed by atoms with van der Waals surface area (Å²) in [7, 11) is 0. The summed E-state index contributed by atoms with van der Waals surface area (Å²) in [6.07, 6.45) is 21.3. The van der Waals surface area contributed by atoms with Crippen LogP contribution in [-0.2, 0) is 0 Å². The average molecular weight is 1820 g/mol. The van der Waals surface area contributed by atoms with Crippen molar-refractivity contribution in [1.82, 2.24) is 0 Å². The van der Waals surface area contributed by atoms with Gasteiger partial charge in [-0.05, 0) is 179 Å². The highest BCUT2D eigenvalue weighted by atomic mass is 79.9. The van der Waals surface area contributed by atoms with E-state index >= 15 is 0 Å². The number of halogens is 14. The quantitative estimate of drug-likeness (QED) is 0.0597. The van der Waals surface area contributed by atoms with Gasteiger partial charge in [0.1, 0.15) is 99.8 Å². The largest absolute Gasteiger partial charge is 0.517 e. The first-order valence-electron chi connectivity index (χ1n) is 37.1. The predicted octanol–water partition coefficient (Wildman–Crippen LogP) is 30.6. The third-order valence-electron chi connectivity index (χ3n) is 19.9. The summed E-state index contributed by atoms with van der Waals surface area (Å²) in [6.45, 7) is 60.6. The SMILES string of the molecule is [C-]#[N+]c1c(F)c(C#N)c(Cl)c(Cl)c1Cl.[C-]#[N+]c1c(O)c(Cl)c(O)c(C#N)c1F.[C-]#[N+]c1cc(Br)cc(C#N)c1F.[C-]#[N+]c1cc(C2CCC(CC)CC2)cc(C#N)c1F.[C-]#[N+]c1cc(C2CCC(CCC)CC2)cc(C#N)c1F.[C-]#[N+]c1cc(C2CCC(CCCC)CC2)cc(C#N)c1F.[C-]#[N+]c1cc(Cl)cc(C#N)c1F.[C-]#[N+]c1cccc(C#N)c1F. The Balaban J connectivity index is 0.000000298. The van der Waals surface area contributed by atoms with Crippen molar-refractivity contribution in [1.29, 1.82) is 42.1 Å². The van der Waals surface area contributed by atoms with Crippen LogP contribution < -0.4 is 0 Å². The fourth-order valence-corrected chi connectivity index (χ4v) is 14.8. The topological polar surface area (TPSA) is 266 Å². The second kappa shape index (κ2) is 51.2. The van der Waals surface area contributed by atoms with Gasteiger partial charge in [-0.3, -0.25) is 0 Å². The zero-order valence-electron chi connectivity index (χ0n) is 65.5. The lowest BCUT2D eigenvalue weighted by molar-refractivity contribution is 0.304. The molecular weight excluding hydrogens is 1760 g/mol. The Hall–Kier alpha value is -13.4. The highest BCUT2D eigenvalue weighted by molar-refractivity contribution is 9.10. The Kier molecular flexibility index (Phi) is 42.5. The normalized spacial score (nSPS) is 15.3. The maximum atomic E-state index is 13.8. The Bertz CT molecular complexity index is 5530. The van der Waals surface area contributed by atoms with Crippen LogP contribution in [0.3, 0.4) is 0 Å². The molecule has 0 bridgehead atoms. The van der Waals surface area contributed by atoms with Crippen LogP contribution in [-0.4, -0.2) is 10.2 Å². The third-order valence-corrected chi connectivity index (χ3v) is 22.2. The zero-order chi connectivity index (χ0) is 91.9. The molecule has 620 valence electrons. The maximum absolute atomic E-state index is 13.8. The van der Waals surface area contributed by atoms with E-state index in [9.17, 15) is 35.1 Å². The molecule has 11 rings (SSSR count). The van der Waals surface area contributed by atoms with Crippen molar-refractivity contribution in [3.8, 4) is 60.1 Å². The molecule has 3 fully saturated rings. The molecule has 0 heterocycles. The summed E-state index contributed by atoms with van der Waals surface area (Å²) < 4.78 is 107. The molecule has 0 aliphatic heterocycles. The average Bonchev–Trinajstić information content (AvgIpc) is 0.809. The van der Waals surface area contributed by atoms with E-state index < -0.39 is 85.6 Å². The minimum Gasteiger partial charge on any atom is -0.517 e. The summed E-state index contributed by atoms with van der Waals surface area (Å²) >= 11 is 30.6. The van der Waals surface area contributed by atoms with Crippen LogP contribution in [0.5, 0.6) is 11.5 Å². The van der Waals surface area contributed by atoms with Gasteiger partial charge in [0, 0.05) is 9.50 Å². The molecule has 32 heteroatoms. The van der Waals surface area contributed by atoms with Crippen molar-refractivity contribution in [3.05, 3.63) is 308 Å². The first-order chi connectivity index (χ1) is 58.8. The zero-order valence-corrected chi connectivity index (χ0v) is 70.9. The lowest BCUT2D eigenvalue weighted by Crippen LogP contribution is -2.13. The van der Waals surface area contributed by atoms with E-state index in [-0.39, 0.29) is 87.6 Å². The van der Waals surface area contributed by atoms with Gasteiger partial charge in [-0.2, -0.15) is 42.1 Å². The van der Waals surface area contributed by atoms with Crippen LogP contribution in [0.2, 0.25) is 25.1 Å². The molecule has 0 amide bonds. The van der Waals surface area contributed by atoms with Gasteiger partial charge < -0.3 is 10.2 Å². The van der Waals surface area contributed by atoms with Crippen molar-refractivity contribution >= 4 is 119 Å². The number of phenolic OH excluding ortho intramolecular Hbond substituents is 2. The number of unbranched alkanes of at least 4 members (excludes halogenated alkanes) is 1. The molecule has 0 unspecified atom stereocenters. The van der Waals surface area contributed by atoms with E-state index in [1.54, 1.807) is 54.6 Å². The number of nitrogens with zero attached hydrogens (tertiary/aromatic N) is 16. The van der Waals surface area contributed by atoms with Gasteiger partial charge in [0.05, 0.1) is 107 Å². The summed E-state index contributed by atoms with van der Waals surface area (Å²) in [5.41, 5.74) is -0.509. The summed E-state index contributed by atoms with van der Waals surface area (Å²) in [5, 5.41) is 86.2. The van der Waals surface area contributed by atoms with Crippen molar-refractivity contribution in [2.24, 2.45) is 17.8 Å². The number of rotatable bonds is 9. The molecule has 2 N–H and O–H groups in total. The van der Waals surface area contributed by atoms with Crippen molar-refractivity contribution < 1.29 is 45.3 Å². The van der Waals surface area contributed by atoms with Crippen molar-refractivity contribution in [3.63, 3.8) is 0 Å². The first-order valence-corrected chi connectivity index (χ1v) is 39.8. The van der Waals surface area contributed by atoms with Crippen LogP contribution in [0, 0.1) is 208 Å². The van der Waals surface area contributed by atoms with Crippen LogP contribution in [0.25, 0.3) is 38.8 Å². The number of phenols is 2. The van der Waals surface area contributed by atoms with Crippen LogP contribution in [0.4, 0.5) is 80.6 Å². The lowest BCUT2D eigenvalue weighted by atomic mass is 9.77. The maximum Gasteiger partial charge on any atom is 0.265 e. The molecule has 8 aromatic carbocycles. The van der Waals surface area contributed by atoms with Gasteiger partial charge in [-0.1, -0.05) is 162 Å². The Morgan fingerprint density at radius 3 is 1.06 bits per heavy atom. The van der Waals surface area contributed by atoms with Gasteiger partial charge in [0.25, 0.3) is 5.69 Å². The number of hydrogen-bond donors (Lipinski definition) is 2. The minimum absolute atomic E-state index is 0.00103. The molecule has 8 aromatic rings. The third kappa shape index (κ3) is 27.5. The molecule has 0 atom stereocenters. The van der Waals surface area contributed by atoms with E-state index in [0.717, 1.165) is 73.0 Å². The van der Waals surface area contributed by atoms with E-state index in [1.807, 2.05) is 18.2 Å². The second-order valence-electron chi connectivity index (χ2n) is 27.2. The van der Waals surface area contributed by atoms with Crippen LogP contribution in [0.1, 0.15) is 215 Å². The molecule has 3 aliphatic rings. The Labute approximate surface area is 741 Å². The smallest absolute Gasteiger partial charge is 0.265 e. The molecule has 0 saturated heterocycles. The summed E-state index contributed by atoms with van der Waals surface area (Å²) in [4.78, 5) is 23.8. The van der Waals surface area contributed by atoms with Gasteiger partial charge in [0.15, 0.2) is 17.4 Å². The van der Waals surface area contributed by atoms with Gasteiger partial charge in [-0.15, -0.1) is 0 Å².